The maximum absolute atomic E-state index is 4.25. The molecule has 0 fully saturated rings. The minimum absolute atomic E-state index is 0.809. The normalized spacial score (nSPS) is 16.2. The van der Waals surface area contributed by atoms with Gasteiger partial charge < -0.3 is 0 Å². The van der Waals surface area contributed by atoms with Crippen molar-refractivity contribution < 1.29 is 0 Å². The minimum atomic E-state index is 0.809. The third-order valence-corrected chi connectivity index (χ3v) is 4.35. The fraction of sp³-hybridized carbons (Fsp3) is 1.00. The number of hydrogen-bond acceptors (Lipinski definition) is 2. The molecule has 0 radical (unpaired) electrons. The summed E-state index contributed by atoms with van der Waals surface area (Å²) in [5.41, 5.74) is 0. The Morgan fingerprint density at radius 2 is 1.69 bits per heavy atom. The Kier molecular flexibility index (Phi) is 8.48. The number of thiol groups is 1. The molecule has 80 valence electrons. The van der Waals surface area contributed by atoms with Crippen LogP contribution in [0.1, 0.15) is 40.5 Å². The quantitative estimate of drug-likeness (QED) is 0.630. The molecule has 2 heteroatoms. The van der Waals surface area contributed by atoms with E-state index >= 15 is 0 Å². The lowest BCUT2D eigenvalue weighted by atomic mass is 10.1. The molecule has 2 atom stereocenters. The topological polar surface area (TPSA) is 0 Å². The Morgan fingerprint density at radius 3 is 2.15 bits per heavy atom. The molecule has 0 amide bonds. The average Bonchev–Trinajstić information content (AvgIpc) is 2.04. The highest BCUT2D eigenvalue weighted by atomic mass is 32.2. The molecule has 0 spiro atoms. The molecule has 0 aliphatic rings. The van der Waals surface area contributed by atoms with Gasteiger partial charge in [-0.15, -0.1) is 0 Å². The smallest absolute Gasteiger partial charge is 0.00417 e. The van der Waals surface area contributed by atoms with Gasteiger partial charge >= 0.3 is 0 Å². The summed E-state index contributed by atoms with van der Waals surface area (Å²) in [6.45, 7) is 9.26. The van der Waals surface area contributed by atoms with E-state index in [9.17, 15) is 0 Å². The Hall–Kier alpha value is 0.700. The molecule has 0 aromatic carbocycles. The van der Waals surface area contributed by atoms with Crippen LogP contribution in [0.25, 0.3) is 0 Å². The van der Waals surface area contributed by atoms with Crippen molar-refractivity contribution in [2.75, 3.05) is 11.5 Å². The monoisotopic (exact) mass is 220 g/mol. The highest BCUT2D eigenvalue weighted by Gasteiger charge is 2.08. The first-order chi connectivity index (χ1) is 6.07. The van der Waals surface area contributed by atoms with E-state index in [1.165, 1.54) is 18.6 Å². The molecule has 13 heavy (non-hydrogen) atoms. The van der Waals surface area contributed by atoms with Crippen LogP contribution in [0.3, 0.4) is 0 Å². The van der Waals surface area contributed by atoms with Crippen molar-refractivity contribution in [3.8, 4) is 0 Å². The van der Waals surface area contributed by atoms with Crippen LogP contribution in [0.4, 0.5) is 0 Å². The zero-order valence-electron chi connectivity index (χ0n) is 9.42. The number of hydrogen-bond donors (Lipinski definition) is 1. The van der Waals surface area contributed by atoms with E-state index in [-0.39, 0.29) is 0 Å². The molecule has 0 nitrogen and oxygen atoms in total. The van der Waals surface area contributed by atoms with E-state index in [1.807, 2.05) is 0 Å². The van der Waals surface area contributed by atoms with Crippen molar-refractivity contribution in [2.24, 2.45) is 11.8 Å². The molecule has 0 rings (SSSR count). The molecule has 0 N–H and O–H groups in total. The van der Waals surface area contributed by atoms with Crippen molar-refractivity contribution in [1.29, 1.82) is 0 Å². The zero-order valence-corrected chi connectivity index (χ0v) is 11.1. The van der Waals surface area contributed by atoms with Gasteiger partial charge in [0.1, 0.15) is 0 Å². The van der Waals surface area contributed by atoms with Gasteiger partial charge in [0.15, 0.2) is 0 Å². The highest BCUT2D eigenvalue weighted by molar-refractivity contribution is 7.99. The second-order valence-electron chi connectivity index (χ2n) is 4.23. The summed E-state index contributed by atoms with van der Waals surface area (Å²) in [7, 11) is 0. The van der Waals surface area contributed by atoms with E-state index in [1.54, 1.807) is 0 Å². The number of thioether (sulfide) groups is 1. The summed E-state index contributed by atoms with van der Waals surface area (Å²) in [5.74, 6) is 4.01. The van der Waals surface area contributed by atoms with Crippen molar-refractivity contribution >= 4 is 24.4 Å². The average molecular weight is 220 g/mol. The van der Waals surface area contributed by atoms with Gasteiger partial charge in [-0.05, 0) is 36.2 Å². The second kappa shape index (κ2) is 8.05. The van der Waals surface area contributed by atoms with Crippen molar-refractivity contribution in [3.63, 3.8) is 0 Å². The summed E-state index contributed by atoms with van der Waals surface area (Å²) < 4.78 is 0. The van der Waals surface area contributed by atoms with Gasteiger partial charge in [-0.2, -0.15) is 24.4 Å². The van der Waals surface area contributed by atoms with Crippen molar-refractivity contribution in [1.82, 2.24) is 0 Å². The van der Waals surface area contributed by atoms with Crippen LogP contribution >= 0.6 is 24.4 Å². The van der Waals surface area contributed by atoms with Crippen LogP contribution in [-0.2, 0) is 0 Å². The first kappa shape index (κ1) is 13.7. The highest BCUT2D eigenvalue weighted by Crippen LogP contribution is 2.21. The lowest BCUT2D eigenvalue weighted by Crippen LogP contribution is -2.07. The minimum Gasteiger partial charge on any atom is -0.179 e. The van der Waals surface area contributed by atoms with Gasteiger partial charge in [-0.25, -0.2) is 0 Å². The second-order valence-corrected chi connectivity index (χ2v) is 6.16. The zero-order chi connectivity index (χ0) is 10.3. The van der Waals surface area contributed by atoms with E-state index < -0.39 is 0 Å². The van der Waals surface area contributed by atoms with Gasteiger partial charge in [0.05, 0.1) is 0 Å². The molecule has 0 aromatic heterocycles. The van der Waals surface area contributed by atoms with Crippen LogP contribution in [0.2, 0.25) is 0 Å². The third-order valence-electron chi connectivity index (χ3n) is 2.55. The van der Waals surface area contributed by atoms with Crippen molar-refractivity contribution in [3.05, 3.63) is 0 Å². The lowest BCUT2D eigenvalue weighted by molar-refractivity contribution is 0.552. The molecule has 0 aromatic rings. The molecular formula is C11H24S2. The van der Waals surface area contributed by atoms with Gasteiger partial charge in [0.25, 0.3) is 0 Å². The first-order valence-electron chi connectivity index (χ1n) is 5.30. The molecule has 0 saturated carbocycles. The van der Waals surface area contributed by atoms with E-state index in [2.05, 4.69) is 52.1 Å². The maximum atomic E-state index is 4.25. The summed E-state index contributed by atoms with van der Waals surface area (Å²) in [6, 6.07) is 0. The molecule has 0 aliphatic carbocycles. The Labute approximate surface area is 93.7 Å². The summed E-state index contributed by atoms with van der Waals surface area (Å²) in [4.78, 5) is 0. The Balaban J connectivity index is 3.33. The summed E-state index contributed by atoms with van der Waals surface area (Å²) in [6.07, 6.45) is 2.61. The van der Waals surface area contributed by atoms with Gasteiger partial charge in [-0.3, -0.25) is 0 Å². The lowest BCUT2D eigenvalue weighted by Gasteiger charge is -2.16. The molecule has 0 saturated heterocycles. The van der Waals surface area contributed by atoms with Gasteiger partial charge in [0, 0.05) is 5.25 Å². The van der Waals surface area contributed by atoms with Crippen LogP contribution < -0.4 is 0 Å². The standard InChI is InChI=1S/C11H24S2/c1-9(2)11(4)13-8-6-10(3)5-7-12/h9-12H,5-8H2,1-4H3. The maximum Gasteiger partial charge on any atom is 0.00417 e. The van der Waals surface area contributed by atoms with Gasteiger partial charge in [0.2, 0.25) is 0 Å². The van der Waals surface area contributed by atoms with Crippen LogP contribution in [0.15, 0.2) is 0 Å². The SMILES string of the molecule is CC(CCS)CCSC(C)C(C)C. The fourth-order valence-corrected chi connectivity index (χ4v) is 2.75. The molecule has 0 heterocycles. The van der Waals surface area contributed by atoms with E-state index in [0.717, 1.165) is 22.8 Å². The van der Waals surface area contributed by atoms with E-state index in [0.29, 0.717) is 0 Å². The predicted molar refractivity (Wildman–Crippen MR) is 69.0 cm³/mol. The molecule has 0 aliphatic heterocycles. The molecular weight excluding hydrogens is 196 g/mol. The summed E-state index contributed by atoms with van der Waals surface area (Å²) >= 11 is 6.36. The number of rotatable bonds is 7. The summed E-state index contributed by atoms with van der Waals surface area (Å²) in [5, 5.41) is 0.809. The largest absolute Gasteiger partial charge is 0.179 e. The van der Waals surface area contributed by atoms with E-state index in [4.69, 9.17) is 0 Å². The molecule has 0 bridgehead atoms. The van der Waals surface area contributed by atoms with Gasteiger partial charge in [-0.1, -0.05) is 27.7 Å². The first-order valence-corrected chi connectivity index (χ1v) is 6.98. The molecule has 2 unspecified atom stereocenters. The van der Waals surface area contributed by atoms with Crippen LogP contribution in [0, 0.1) is 11.8 Å². The Morgan fingerprint density at radius 1 is 1.08 bits per heavy atom. The fourth-order valence-electron chi connectivity index (χ4n) is 1.01. The van der Waals surface area contributed by atoms with Crippen molar-refractivity contribution in [2.45, 2.75) is 45.8 Å². The Bertz CT molecular complexity index is 113. The van der Waals surface area contributed by atoms with Crippen LogP contribution in [-0.4, -0.2) is 16.8 Å². The predicted octanol–water partition coefficient (Wildman–Crippen LogP) is 4.11. The van der Waals surface area contributed by atoms with Crippen LogP contribution in [0.5, 0.6) is 0 Å². The third kappa shape index (κ3) is 7.75.